The smallest absolute Gasteiger partial charge is 0.406 e. The molecule has 0 atom stereocenters. The minimum absolute atomic E-state index is 0.0828. The number of nitrogens with one attached hydrogen (secondary N) is 2. The highest BCUT2D eigenvalue weighted by atomic mass is 35.5. The van der Waals surface area contributed by atoms with Crippen LogP contribution in [0, 0.1) is 0 Å². The zero-order chi connectivity index (χ0) is 19.2. The van der Waals surface area contributed by atoms with Gasteiger partial charge in [0.15, 0.2) is 0 Å². The number of alkyl halides is 3. The number of anilines is 1. The molecule has 2 aromatic carbocycles. The summed E-state index contributed by atoms with van der Waals surface area (Å²) in [5.41, 5.74) is 1.02. The quantitative estimate of drug-likeness (QED) is 0.798. The monoisotopic (exact) mass is 386 g/mol. The lowest BCUT2D eigenvalue weighted by atomic mass is 10.1. The van der Waals surface area contributed by atoms with Crippen molar-refractivity contribution in [1.29, 1.82) is 0 Å². The van der Waals surface area contributed by atoms with Crippen molar-refractivity contribution in [1.82, 2.24) is 5.32 Å². The minimum atomic E-state index is -4.77. The first kappa shape index (κ1) is 19.6. The summed E-state index contributed by atoms with van der Waals surface area (Å²) < 4.78 is 40.0. The van der Waals surface area contributed by atoms with Gasteiger partial charge in [-0.25, -0.2) is 0 Å². The normalized spacial score (nSPS) is 10.9. The Balaban J connectivity index is 1.77. The summed E-state index contributed by atoms with van der Waals surface area (Å²) in [4.78, 5) is 23.6. The number of rotatable bonds is 6. The van der Waals surface area contributed by atoms with E-state index < -0.39 is 18.2 Å². The summed E-state index contributed by atoms with van der Waals surface area (Å²) in [6.45, 7) is -0.239. The molecule has 0 saturated carbocycles. The van der Waals surface area contributed by atoms with E-state index in [1.807, 2.05) is 0 Å². The maximum atomic E-state index is 12.1. The molecular weight excluding hydrogens is 373 g/mol. The molecule has 2 N–H and O–H groups in total. The highest BCUT2D eigenvalue weighted by Gasteiger charge is 2.30. The summed E-state index contributed by atoms with van der Waals surface area (Å²) in [5, 5.41) is 5.54. The number of carbonyl (C=O) groups excluding carboxylic acids is 2. The number of carbonyl (C=O) groups is 2. The van der Waals surface area contributed by atoms with Gasteiger partial charge in [0.2, 0.25) is 11.8 Å². The Hall–Kier alpha value is -2.74. The van der Waals surface area contributed by atoms with Crippen LogP contribution in [0.1, 0.15) is 5.56 Å². The zero-order valence-corrected chi connectivity index (χ0v) is 14.0. The van der Waals surface area contributed by atoms with Crippen molar-refractivity contribution in [3.63, 3.8) is 0 Å². The lowest BCUT2D eigenvalue weighted by Gasteiger charge is -2.09. The van der Waals surface area contributed by atoms with Crippen molar-refractivity contribution < 1.29 is 27.5 Å². The average Bonchev–Trinajstić information content (AvgIpc) is 2.56. The lowest BCUT2D eigenvalue weighted by Crippen LogP contribution is -2.33. The molecule has 2 aromatic rings. The van der Waals surface area contributed by atoms with Gasteiger partial charge in [-0.05, 0) is 42.0 Å². The van der Waals surface area contributed by atoms with Crippen LogP contribution in [0.15, 0.2) is 48.5 Å². The number of hydrogen-bond donors (Lipinski definition) is 2. The van der Waals surface area contributed by atoms with Crippen LogP contribution in [0.5, 0.6) is 5.75 Å². The molecule has 5 nitrogen and oxygen atoms in total. The van der Waals surface area contributed by atoms with Gasteiger partial charge in [0.25, 0.3) is 0 Å². The summed E-state index contributed by atoms with van der Waals surface area (Å²) in [7, 11) is 0. The first-order valence-corrected chi connectivity index (χ1v) is 7.76. The molecule has 0 aliphatic carbocycles. The molecule has 0 saturated heterocycles. The molecule has 2 rings (SSSR count). The van der Waals surface area contributed by atoms with Crippen LogP contribution in [-0.2, 0) is 16.0 Å². The van der Waals surface area contributed by atoms with Gasteiger partial charge in [-0.3, -0.25) is 9.59 Å². The van der Waals surface area contributed by atoms with E-state index in [4.69, 9.17) is 11.6 Å². The van der Waals surface area contributed by atoms with Gasteiger partial charge in [0.05, 0.1) is 13.0 Å². The Morgan fingerprint density at radius 3 is 2.15 bits per heavy atom. The fourth-order valence-electron chi connectivity index (χ4n) is 1.97. The van der Waals surface area contributed by atoms with Crippen LogP contribution in [0.3, 0.4) is 0 Å². The average molecular weight is 387 g/mol. The summed E-state index contributed by atoms with van der Waals surface area (Å²) in [6, 6.07) is 11.4. The predicted octanol–water partition coefficient (Wildman–Crippen LogP) is 3.54. The molecule has 0 fully saturated rings. The molecule has 2 amide bonds. The van der Waals surface area contributed by atoms with Crippen molar-refractivity contribution >= 4 is 29.1 Å². The molecule has 0 heterocycles. The third-order valence-electron chi connectivity index (χ3n) is 3.10. The molecule has 0 bridgehead atoms. The van der Waals surface area contributed by atoms with Gasteiger partial charge >= 0.3 is 6.36 Å². The van der Waals surface area contributed by atoms with E-state index >= 15 is 0 Å². The van der Waals surface area contributed by atoms with E-state index in [-0.39, 0.29) is 18.7 Å². The fraction of sp³-hybridized carbons (Fsp3) is 0.176. The molecule has 0 unspecified atom stereocenters. The number of hydrogen-bond acceptors (Lipinski definition) is 3. The second-order valence-corrected chi connectivity index (χ2v) is 5.64. The predicted molar refractivity (Wildman–Crippen MR) is 89.9 cm³/mol. The van der Waals surface area contributed by atoms with Crippen molar-refractivity contribution in [3.05, 3.63) is 59.1 Å². The Labute approximate surface area is 152 Å². The van der Waals surface area contributed by atoms with Crippen molar-refractivity contribution in [2.24, 2.45) is 0 Å². The van der Waals surface area contributed by atoms with Crippen LogP contribution in [0.25, 0.3) is 0 Å². The Kier molecular flexibility index (Phi) is 6.46. The fourth-order valence-corrected chi connectivity index (χ4v) is 2.10. The summed E-state index contributed by atoms with van der Waals surface area (Å²) in [6.07, 6.45) is -4.85. The zero-order valence-electron chi connectivity index (χ0n) is 13.3. The highest BCUT2D eigenvalue weighted by Crippen LogP contribution is 2.22. The first-order valence-electron chi connectivity index (χ1n) is 7.38. The summed E-state index contributed by atoms with van der Waals surface area (Å²) in [5.74, 6) is -1.24. The first-order chi connectivity index (χ1) is 12.2. The van der Waals surface area contributed by atoms with Crippen LogP contribution in [0.2, 0.25) is 5.02 Å². The third-order valence-corrected chi connectivity index (χ3v) is 3.35. The summed E-state index contributed by atoms with van der Waals surface area (Å²) >= 11 is 5.74. The van der Waals surface area contributed by atoms with E-state index in [2.05, 4.69) is 15.4 Å². The largest absolute Gasteiger partial charge is 0.573 e. The van der Waals surface area contributed by atoms with E-state index in [1.54, 1.807) is 24.3 Å². The van der Waals surface area contributed by atoms with Crippen LogP contribution in [0.4, 0.5) is 18.9 Å². The molecule has 0 aromatic heterocycles. The van der Waals surface area contributed by atoms with Gasteiger partial charge in [-0.1, -0.05) is 23.7 Å². The molecule has 0 aliphatic heterocycles. The highest BCUT2D eigenvalue weighted by molar-refractivity contribution is 6.30. The molecule has 138 valence electrons. The van der Waals surface area contributed by atoms with Crippen molar-refractivity contribution in [2.45, 2.75) is 12.8 Å². The van der Waals surface area contributed by atoms with E-state index in [0.717, 1.165) is 12.1 Å². The molecule has 0 spiro atoms. The number of amides is 2. The molecule has 9 heteroatoms. The van der Waals surface area contributed by atoms with Gasteiger partial charge in [-0.2, -0.15) is 0 Å². The van der Waals surface area contributed by atoms with E-state index in [1.165, 1.54) is 12.1 Å². The Morgan fingerprint density at radius 2 is 1.58 bits per heavy atom. The SMILES string of the molecule is O=C(Cc1ccc(OC(F)(F)F)cc1)NCC(=O)Nc1ccc(Cl)cc1. The van der Waals surface area contributed by atoms with Crippen molar-refractivity contribution in [2.75, 3.05) is 11.9 Å². The number of ether oxygens (including phenoxy) is 1. The molecule has 0 aliphatic rings. The Morgan fingerprint density at radius 1 is 0.962 bits per heavy atom. The maximum Gasteiger partial charge on any atom is 0.573 e. The number of halogens is 4. The lowest BCUT2D eigenvalue weighted by molar-refractivity contribution is -0.274. The second kappa shape index (κ2) is 8.57. The minimum Gasteiger partial charge on any atom is -0.406 e. The topological polar surface area (TPSA) is 67.4 Å². The van der Waals surface area contributed by atoms with Gasteiger partial charge in [-0.15, -0.1) is 13.2 Å². The van der Waals surface area contributed by atoms with Gasteiger partial charge < -0.3 is 15.4 Å². The van der Waals surface area contributed by atoms with Gasteiger partial charge in [0.1, 0.15) is 5.75 Å². The van der Waals surface area contributed by atoms with Crippen molar-refractivity contribution in [3.8, 4) is 5.75 Å². The van der Waals surface area contributed by atoms with E-state index in [9.17, 15) is 22.8 Å². The standard InChI is InChI=1S/C17H14ClF3N2O3/c18-12-3-5-13(6-4-12)23-16(25)10-22-15(24)9-11-1-7-14(8-2-11)26-17(19,20)21/h1-8H,9-10H2,(H,22,24)(H,23,25). The maximum absolute atomic E-state index is 12.1. The Bertz CT molecular complexity index is 762. The van der Waals surface area contributed by atoms with Crippen LogP contribution in [-0.4, -0.2) is 24.7 Å². The molecular formula is C17H14ClF3N2O3. The van der Waals surface area contributed by atoms with Crippen LogP contribution >= 0.6 is 11.6 Å². The third kappa shape index (κ3) is 7.02. The number of benzene rings is 2. The van der Waals surface area contributed by atoms with Gasteiger partial charge in [0, 0.05) is 10.7 Å². The van der Waals surface area contributed by atoms with Crippen LogP contribution < -0.4 is 15.4 Å². The molecule has 26 heavy (non-hydrogen) atoms. The van der Waals surface area contributed by atoms with E-state index in [0.29, 0.717) is 16.3 Å². The second-order valence-electron chi connectivity index (χ2n) is 5.20. The molecule has 0 radical (unpaired) electrons.